The van der Waals surface area contributed by atoms with Gasteiger partial charge in [0.25, 0.3) is 0 Å². The van der Waals surface area contributed by atoms with Gasteiger partial charge in [-0.05, 0) is 66.7 Å². The molecule has 9 rings (SSSR count). The van der Waals surface area contributed by atoms with E-state index in [1.807, 2.05) is 97.1 Å². The van der Waals surface area contributed by atoms with Crippen LogP contribution in [0.3, 0.4) is 0 Å². The average Bonchev–Trinajstić information content (AvgIpc) is 3.61. The summed E-state index contributed by atoms with van der Waals surface area (Å²) in [5, 5.41) is 0. The van der Waals surface area contributed by atoms with Crippen LogP contribution in [0.1, 0.15) is 0 Å². The Kier molecular flexibility index (Phi) is 4.34. The summed E-state index contributed by atoms with van der Waals surface area (Å²) in [5.41, 5.74) is 7.04. The van der Waals surface area contributed by atoms with Crippen LogP contribution in [0, 0.1) is 0 Å². The highest BCUT2D eigenvalue weighted by Gasteiger charge is 2.37. The highest BCUT2D eigenvalue weighted by molar-refractivity contribution is 9.10. The normalized spacial score (nSPS) is 13.0. The minimum Gasteiger partial charge on any atom is -0.453 e. The maximum Gasteiger partial charge on any atom is 0.231 e. The lowest BCUT2D eigenvalue weighted by atomic mass is 10.0. The monoisotopic (exact) mass is 585 g/mol. The number of hydrogen-bond donors (Lipinski definition) is 0. The van der Waals surface area contributed by atoms with Gasteiger partial charge in [0.15, 0.2) is 34.2 Å². The summed E-state index contributed by atoms with van der Waals surface area (Å²) in [6.45, 7) is 0. The summed E-state index contributed by atoms with van der Waals surface area (Å²) in [5.74, 6) is 3.57. The van der Waals surface area contributed by atoms with Crippen LogP contribution in [0.25, 0.3) is 45.1 Å². The number of rotatable bonds is 2. The van der Waals surface area contributed by atoms with Crippen molar-refractivity contribution in [2.75, 3.05) is 4.90 Å². The van der Waals surface area contributed by atoms with Crippen LogP contribution in [0.2, 0.25) is 0 Å². The first-order valence-corrected chi connectivity index (χ1v) is 13.5. The Labute approximate surface area is 235 Å². The lowest BCUT2D eigenvalue weighted by Crippen LogP contribution is -2.20. The summed E-state index contributed by atoms with van der Waals surface area (Å²) >= 11 is 3.59. The minimum absolute atomic E-state index is 0.483. The summed E-state index contributed by atoms with van der Waals surface area (Å²) in [6.07, 6.45) is 0. The summed E-state index contributed by atoms with van der Waals surface area (Å²) in [4.78, 5) is 11.6. The van der Waals surface area contributed by atoms with Crippen molar-refractivity contribution in [1.82, 2.24) is 9.97 Å². The molecule has 190 valence electrons. The molecular weight excluding hydrogens is 570 g/mol. The standard InChI is InChI=1S/C32H16BrN3O4/c33-18-12-13-22-26(16-18)37-27-14-17(31-34-20-7-1-3-10-24(20)39-31)15-28-29(27)36(22)23-9-5-6-19(30(23)38-28)32-35-21-8-2-4-11-25(21)40-32/h1-16H. The van der Waals surface area contributed by atoms with Crippen LogP contribution < -0.4 is 14.4 Å². The van der Waals surface area contributed by atoms with Crippen LogP contribution in [0.5, 0.6) is 23.0 Å². The number of ether oxygens (including phenoxy) is 2. The molecule has 2 aliphatic heterocycles. The van der Waals surface area contributed by atoms with Crippen molar-refractivity contribution in [3.05, 3.63) is 102 Å². The first-order valence-electron chi connectivity index (χ1n) is 12.7. The van der Waals surface area contributed by atoms with Crippen LogP contribution in [0.15, 0.2) is 110 Å². The Morgan fingerprint density at radius 2 is 1.30 bits per heavy atom. The number of aromatic nitrogens is 2. The molecule has 8 heteroatoms. The lowest BCUT2D eigenvalue weighted by molar-refractivity contribution is 0.445. The van der Waals surface area contributed by atoms with E-state index in [1.165, 1.54) is 0 Å². The van der Waals surface area contributed by atoms with Crippen LogP contribution >= 0.6 is 15.9 Å². The molecule has 7 nitrogen and oxygen atoms in total. The second-order valence-electron chi connectivity index (χ2n) is 9.60. The van der Waals surface area contributed by atoms with Gasteiger partial charge in [-0.1, -0.05) is 46.3 Å². The molecule has 5 aromatic carbocycles. The van der Waals surface area contributed by atoms with Crippen LogP contribution in [-0.4, -0.2) is 9.97 Å². The van der Waals surface area contributed by atoms with Gasteiger partial charge in [-0.15, -0.1) is 0 Å². The van der Waals surface area contributed by atoms with E-state index >= 15 is 0 Å². The molecule has 0 atom stereocenters. The first kappa shape index (κ1) is 21.8. The summed E-state index contributed by atoms with van der Waals surface area (Å²) < 4.78 is 26.3. The van der Waals surface area contributed by atoms with Gasteiger partial charge in [-0.2, -0.15) is 0 Å². The third-order valence-electron chi connectivity index (χ3n) is 7.16. The van der Waals surface area contributed by atoms with Gasteiger partial charge < -0.3 is 18.3 Å². The zero-order valence-electron chi connectivity index (χ0n) is 20.6. The molecule has 0 fully saturated rings. The molecule has 0 bridgehead atoms. The highest BCUT2D eigenvalue weighted by Crippen LogP contribution is 2.62. The lowest BCUT2D eigenvalue weighted by Gasteiger charge is -2.38. The first-order chi connectivity index (χ1) is 19.7. The zero-order valence-corrected chi connectivity index (χ0v) is 22.2. The fourth-order valence-corrected chi connectivity index (χ4v) is 5.74. The summed E-state index contributed by atoms with van der Waals surface area (Å²) in [6, 6.07) is 31.3. The quantitative estimate of drug-likeness (QED) is 0.200. The van der Waals surface area contributed by atoms with Gasteiger partial charge in [0.1, 0.15) is 16.7 Å². The van der Waals surface area contributed by atoms with Crippen molar-refractivity contribution in [2.45, 2.75) is 0 Å². The predicted molar refractivity (Wildman–Crippen MR) is 155 cm³/mol. The van der Waals surface area contributed by atoms with Crippen LogP contribution in [0.4, 0.5) is 17.1 Å². The maximum absolute atomic E-state index is 6.68. The van der Waals surface area contributed by atoms with E-state index in [9.17, 15) is 0 Å². The van der Waals surface area contributed by atoms with Crippen molar-refractivity contribution in [3.63, 3.8) is 0 Å². The fraction of sp³-hybridized carbons (Fsp3) is 0. The van der Waals surface area contributed by atoms with Crippen molar-refractivity contribution < 1.29 is 18.3 Å². The molecular formula is C32H16BrN3O4. The molecule has 0 saturated carbocycles. The number of para-hydroxylation sites is 5. The molecule has 2 aromatic heterocycles. The van der Waals surface area contributed by atoms with E-state index in [2.05, 4.69) is 20.8 Å². The van der Waals surface area contributed by atoms with Gasteiger partial charge in [0.05, 0.1) is 16.9 Å². The molecule has 0 unspecified atom stereocenters. The highest BCUT2D eigenvalue weighted by atomic mass is 79.9. The Bertz CT molecular complexity index is 2100. The maximum atomic E-state index is 6.68. The molecule has 0 aliphatic carbocycles. The Morgan fingerprint density at radius 3 is 2.08 bits per heavy atom. The van der Waals surface area contributed by atoms with Crippen LogP contribution in [-0.2, 0) is 0 Å². The predicted octanol–water partition coefficient (Wildman–Crippen LogP) is 9.75. The third-order valence-corrected chi connectivity index (χ3v) is 7.65. The third kappa shape index (κ3) is 3.11. The molecule has 40 heavy (non-hydrogen) atoms. The van der Waals surface area contributed by atoms with Crippen molar-refractivity contribution in [2.24, 2.45) is 0 Å². The van der Waals surface area contributed by atoms with E-state index in [4.69, 9.17) is 28.3 Å². The number of benzene rings is 5. The van der Waals surface area contributed by atoms with E-state index in [0.29, 0.717) is 45.9 Å². The van der Waals surface area contributed by atoms with E-state index in [0.717, 1.165) is 43.7 Å². The van der Waals surface area contributed by atoms with Crippen molar-refractivity contribution in [1.29, 1.82) is 0 Å². The topological polar surface area (TPSA) is 73.8 Å². The molecule has 7 aromatic rings. The van der Waals surface area contributed by atoms with Gasteiger partial charge in [0, 0.05) is 10.0 Å². The molecule has 2 aliphatic rings. The minimum atomic E-state index is 0.483. The smallest absolute Gasteiger partial charge is 0.231 e. The molecule has 0 spiro atoms. The van der Waals surface area contributed by atoms with Gasteiger partial charge in [-0.25, -0.2) is 9.97 Å². The Morgan fingerprint density at radius 1 is 0.600 bits per heavy atom. The largest absolute Gasteiger partial charge is 0.453 e. The number of fused-ring (bicyclic) bond motifs is 6. The second-order valence-corrected chi connectivity index (χ2v) is 10.5. The number of halogens is 1. The van der Waals surface area contributed by atoms with E-state index in [-0.39, 0.29) is 0 Å². The van der Waals surface area contributed by atoms with E-state index in [1.54, 1.807) is 0 Å². The molecule has 0 saturated heterocycles. The molecule has 4 heterocycles. The van der Waals surface area contributed by atoms with Gasteiger partial charge in [0.2, 0.25) is 11.8 Å². The molecule has 0 N–H and O–H groups in total. The molecule has 0 amide bonds. The van der Waals surface area contributed by atoms with Gasteiger partial charge >= 0.3 is 0 Å². The number of anilines is 3. The fourth-order valence-electron chi connectivity index (χ4n) is 5.39. The van der Waals surface area contributed by atoms with Crippen molar-refractivity contribution in [3.8, 4) is 45.9 Å². The number of oxazole rings is 2. The molecule has 0 radical (unpaired) electrons. The Balaban J connectivity index is 1.29. The zero-order chi connectivity index (χ0) is 26.4. The Hall–Kier alpha value is -5.08. The van der Waals surface area contributed by atoms with E-state index < -0.39 is 0 Å². The average molecular weight is 586 g/mol. The SMILES string of the molecule is Brc1ccc2c(c1)Oc1cc(-c3nc4ccccc4o3)cc3c1N2c1cccc(-c2nc4ccccc4o2)c1O3. The van der Waals surface area contributed by atoms with Gasteiger partial charge in [-0.3, -0.25) is 4.90 Å². The second kappa shape index (κ2) is 7.97. The number of nitrogens with zero attached hydrogens (tertiary/aromatic N) is 3. The van der Waals surface area contributed by atoms with Crippen molar-refractivity contribution >= 4 is 55.2 Å². The number of hydrogen-bond acceptors (Lipinski definition) is 7. The summed E-state index contributed by atoms with van der Waals surface area (Å²) in [7, 11) is 0.